The lowest BCUT2D eigenvalue weighted by atomic mass is 9.96. The number of hydrogen-bond acceptors (Lipinski definition) is 8. The molecule has 5 rings (SSSR count). The number of nitrogens with zero attached hydrogens (tertiary/aromatic N) is 5. The molecule has 2 N–H and O–H groups in total. The number of carbonyl (C=O) groups is 1. The number of carbonyl (C=O) groups excluding carboxylic acids is 1. The van der Waals surface area contributed by atoms with E-state index in [2.05, 4.69) is 36.5 Å². The number of halogens is 2. The quantitative estimate of drug-likeness (QED) is 0.412. The second kappa shape index (κ2) is 12.9. The Labute approximate surface area is 238 Å². The van der Waals surface area contributed by atoms with Gasteiger partial charge in [0.2, 0.25) is 17.7 Å². The molecule has 11 heteroatoms. The van der Waals surface area contributed by atoms with Gasteiger partial charge in [-0.2, -0.15) is 0 Å². The number of hydrogen-bond donors (Lipinski definition) is 2. The van der Waals surface area contributed by atoms with Crippen LogP contribution in [-0.2, 0) is 11.3 Å². The van der Waals surface area contributed by atoms with E-state index >= 15 is 0 Å². The van der Waals surface area contributed by atoms with Gasteiger partial charge in [-0.3, -0.25) is 9.69 Å². The van der Waals surface area contributed by atoms with Gasteiger partial charge in [-0.05, 0) is 61.7 Å². The second-order valence-corrected chi connectivity index (χ2v) is 10.9. The predicted molar refractivity (Wildman–Crippen MR) is 154 cm³/mol. The topological polar surface area (TPSA) is 95.5 Å². The zero-order chi connectivity index (χ0) is 27.2. The maximum absolute atomic E-state index is 11.3. The van der Waals surface area contributed by atoms with Crippen LogP contribution in [-0.4, -0.2) is 71.6 Å². The lowest BCUT2D eigenvalue weighted by molar-refractivity contribution is -0.119. The number of piperazine rings is 1. The van der Waals surface area contributed by atoms with Crippen LogP contribution in [0.15, 0.2) is 42.7 Å². The van der Waals surface area contributed by atoms with Gasteiger partial charge in [-0.1, -0.05) is 23.2 Å². The average Bonchev–Trinajstić information content (AvgIpc) is 2.93. The lowest BCUT2D eigenvalue weighted by Crippen LogP contribution is -2.43. The fraction of sp³-hybridized carbons (Fsp3) is 0.429. The van der Waals surface area contributed by atoms with Crippen molar-refractivity contribution in [1.29, 1.82) is 0 Å². The molecule has 4 heterocycles. The van der Waals surface area contributed by atoms with Crippen LogP contribution in [0, 0.1) is 5.92 Å². The van der Waals surface area contributed by atoms with E-state index in [0.717, 1.165) is 87.8 Å². The van der Waals surface area contributed by atoms with Gasteiger partial charge in [0.1, 0.15) is 5.82 Å². The third-order valence-electron chi connectivity index (χ3n) is 7.04. The van der Waals surface area contributed by atoms with Crippen LogP contribution in [0.25, 0.3) is 11.3 Å². The summed E-state index contributed by atoms with van der Waals surface area (Å²) in [6, 6.07) is 9.40. The largest absolute Gasteiger partial charge is 0.419 e. The average molecular weight is 571 g/mol. The molecule has 0 saturated carbocycles. The molecule has 0 unspecified atom stereocenters. The van der Waals surface area contributed by atoms with Crippen LogP contribution in [0.5, 0.6) is 11.8 Å². The second-order valence-electron chi connectivity index (χ2n) is 10.1. The van der Waals surface area contributed by atoms with Gasteiger partial charge in [-0.25, -0.2) is 15.0 Å². The van der Waals surface area contributed by atoms with Crippen molar-refractivity contribution in [2.75, 3.05) is 50.7 Å². The molecular weight excluding hydrogens is 537 g/mol. The first-order chi connectivity index (χ1) is 18.9. The molecule has 2 saturated heterocycles. The van der Waals surface area contributed by atoms with Crippen molar-refractivity contribution in [3.63, 3.8) is 0 Å². The highest BCUT2D eigenvalue weighted by Gasteiger charge is 2.20. The zero-order valence-electron chi connectivity index (χ0n) is 22.0. The Morgan fingerprint density at radius 3 is 2.41 bits per heavy atom. The minimum absolute atomic E-state index is 0.0264. The number of rotatable bonds is 8. The van der Waals surface area contributed by atoms with Crippen molar-refractivity contribution in [1.82, 2.24) is 30.5 Å². The Hall–Kier alpha value is -2.98. The summed E-state index contributed by atoms with van der Waals surface area (Å²) in [5.41, 5.74) is 2.60. The Morgan fingerprint density at radius 1 is 1.00 bits per heavy atom. The molecule has 2 aliphatic heterocycles. The number of aromatic nitrogens is 3. The molecule has 39 heavy (non-hydrogen) atoms. The van der Waals surface area contributed by atoms with Crippen molar-refractivity contribution in [2.45, 2.75) is 26.3 Å². The van der Waals surface area contributed by atoms with Gasteiger partial charge in [0, 0.05) is 67.9 Å². The Bertz CT molecular complexity index is 1260. The standard InChI is InChI=1S/C28H33Cl2N7O2/c1-19(38)32-15-20-2-6-36(7-3-20)18-21-10-25(22-12-23(29)14-24(30)13-22)35-27(11-21)39-28-17-33-26(16-34-28)37-8-4-31-5-9-37/h10-14,16-17,20,31H,2-9,15,18H2,1H3,(H,32,38). The summed E-state index contributed by atoms with van der Waals surface area (Å²) in [7, 11) is 0. The smallest absolute Gasteiger partial charge is 0.239 e. The fourth-order valence-electron chi connectivity index (χ4n) is 4.97. The van der Waals surface area contributed by atoms with E-state index in [4.69, 9.17) is 32.9 Å². The summed E-state index contributed by atoms with van der Waals surface area (Å²) < 4.78 is 6.10. The van der Waals surface area contributed by atoms with Crippen molar-refractivity contribution in [2.24, 2.45) is 5.92 Å². The minimum atomic E-state index is 0.0264. The lowest BCUT2D eigenvalue weighted by Gasteiger charge is -2.32. The summed E-state index contributed by atoms with van der Waals surface area (Å²) >= 11 is 12.6. The number of ether oxygens (including phenoxy) is 1. The van der Waals surface area contributed by atoms with Crippen LogP contribution < -0.4 is 20.3 Å². The molecule has 0 bridgehead atoms. The van der Waals surface area contributed by atoms with Crippen molar-refractivity contribution in [3.8, 4) is 23.0 Å². The summed E-state index contributed by atoms with van der Waals surface area (Å²) in [4.78, 5) is 29.7. The Balaban J connectivity index is 1.33. The normalized spacial score (nSPS) is 16.7. The molecule has 0 atom stereocenters. The number of piperidine rings is 1. The van der Waals surface area contributed by atoms with Crippen LogP contribution >= 0.6 is 23.2 Å². The molecular formula is C28H33Cl2N7O2. The van der Waals surface area contributed by atoms with Gasteiger partial charge < -0.3 is 20.3 Å². The maximum atomic E-state index is 11.3. The zero-order valence-corrected chi connectivity index (χ0v) is 23.5. The van der Waals surface area contributed by atoms with E-state index in [1.807, 2.05) is 18.2 Å². The van der Waals surface area contributed by atoms with Crippen molar-refractivity contribution >= 4 is 34.9 Å². The third kappa shape index (κ3) is 7.79. The molecule has 0 spiro atoms. The SMILES string of the molecule is CC(=O)NCC1CCN(Cc2cc(Oc3cnc(N4CCNCC4)cn3)nc(-c3cc(Cl)cc(Cl)c3)c2)CC1. The van der Waals surface area contributed by atoms with Gasteiger partial charge in [-0.15, -0.1) is 0 Å². The summed E-state index contributed by atoms with van der Waals surface area (Å²) in [6.45, 7) is 8.63. The fourth-order valence-corrected chi connectivity index (χ4v) is 5.50. The van der Waals surface area contributed by atoms with Gasteiger partial charge in [0.15, 0.2) is 0 Å². The van der Waals surface area contributed by atoms with Crippen LogP contribution in [0.3, 0.4) is 0 Å². The van der Waals surface area contributed by atoms with Gasteiger partial charge in [0.25, 0.3) is 0 Å². The molecule has 3 aromatic rings. The highest BCUT2D eigenvalue weighted by Crippen LogP contribution is 2.30. The minimum Gasteiger partial charge on any atom is -0.419 e. The van der Waals surface area contributed by atoms with Crippen molar-refractivity contribution in [3.05, 3.63) is 58.3 Å². The number of benzene rings is 1. The third-order valence-corrected chi connectivity index (χ3v) is 7.47. The predicted octanol–water partition coefficient (Wildman–Crippen LogP) is 4.40. The Kier molecular flexibility index (Phi) is 9.13. The molecule has 206 valence electrons. The highest BCUT2D eigenvalue weighted by molar-refractivity contribution is 6.35. The number of amides is 1. The van der Waals surface area contributed by atoms with Crippen LogP contribution in [0.2, 0.25) is 10.0 Å². The first-order valence-corrected chi connectivity index (χ1v) is 14.1. The number of anilines is 1. The van der Waals surface area contributed by atoms with Crippen LogP contribution in [0.1, 0.15) is 25.3 Å². The van der Waals surface area contributed by atoms with E-state index in [0.29, 0.717) is 27.7 Å². The molecule has 0 aliphatic carbocycles. The van der Waals surface area contributed by atoms with Gasteiger partial charge >= 0.3 is 0 Å². The summed E-state index contributed by atoms with van der Waals surface area (Å²) in [5, 5.41) is 7.38. The van der Waals surface area contributed by atoms with Crippen LogP contribution in [0.4, 0.5) is 5.82 Å². The summed E-state index contributed by atoms with van der Waals surface area (Å²) in [5.74, 6) is 2.18. The number of likely N-dealkylation sites (tertiary alicyclic amines) is 1. The number of nitrogens with one attached hydrogen (secondary N) is 2. The molecule has 2 aromatic heterocycles. The molecule has 0 radical (unpaired) electrons. The maximum Gasteiger partial charge on any atom is 0.239 e. The van der Waals surface area contributed by atoms with E-state index < -0.39 is 0 Å². The molecule has 2 aliphatic rings. The molecule has 1 aromatic carbocycles. The van der Waals surface area contributed by atoms with Gasteiger partial charge in [0.05, 0.1) is 18.1 Å². The summed E-state index contributed by atoms with van der Waals surface area (Å²) in [6.07, 6.45) is 5.47. The molecule has 2 fully saturated rings. The van der Waals surface area contributed by atoms with E-state index in [1.54, 1.807) is 25.4 Å². The van der Waals surface area contributed by atoms with E-state index in [9.17, 15) is 4.79 Å². The first kappa shape index (κ1) is 27.6. The highest BCUT2D eigenvalue weighted by atomic mass is 35.5. The molecule has 9 nitrogen and oxygen atoms in total. The first-order valence-electron chi connectivity index (χ1n) is 13.3. The Morgan fingerprint density at radius 2 is 1.74 bits per heavy atom. The number of pyridine rings is 1. The van der Waals surface area contributed by atoms with Crippen molar-refractivity contribution < 1.29 is 9.53 Å². The van der Waals surface area contributed by atoms with E-state index in [-0.39, 0.29) is 5.91 Å². The monoisotopic (exact) mass is 569 g/mol. The van der Waals surface area contributed by atoms with E-state index in [1.165, 1.54) is 0 Å². The molecule has 1 amide bonds.